The van der Waals surface area contributed by atoms with E-state index in [1.807, 2.05) is 23.2 Å². The van der Waals surface area contributed by atoms with Crippen LogP contribution in [0.15, 0.2) is 65.7 Å². The van der Waals surface area contributed by atoms with Gasteiger partial charge in [-0.15, -0.1) is 0 Å². The van der Waals surface area contributed by atoms with Crippen LogP contribution in [0.1, 0.15) is 52.5 Å². The maximum absolute atomic E-state index is 13.1. The van der Waals surface area contributed by atoms with Gasteiger partial charge in [-0.25, -0.2) is 4.39 Å². The Hall–Kier alpha value is -3.28. The number of benzene rings is 1. The van der Waals surface area contributed by atoms with Crippen LogP contribution >= 0.6 is 0 Å². The predicted molar refractivity (Wildman–Crippen MR) is 108 cm³/mol. The Labute approximate surface area is 168 Å². The standard InChI is InChI=1S/C23H22FN3O2/c24-19-8-4-16(5-9-19)13-20-10-6-17(14-25-20)21-3-1-2-12-27(21)23(29)18-7-11-22(28)26-15-18/h4-11,14-15,21H,1-3,12-13H2,(H,26,28)/t21-/m0/s1. The number of hydrogen-bond donors (Lipinski definition) is 1. The smallest absolute Gasteiger partial charge is 0.255 e. The average molecular weight is 391 g/mol. The van der Waals surface area contributed by atoms with Gasteiger partial charge in [-0.2, -0.15) is 0 Å². The van der Waals surface area contributed by atoms with Crippen LogP contribution in [0.25, 0.3) is 0 Å². The van der Waals surface area contributed by atoms with Crippen LogP contribution in [0.4, 0.5) is 4.39 Å². The van der Waals surface area contributed by atoms with E-state index in [2.05, 4.69) is 9.97 Å². The van der Waals surface area contributed by atoms with E-state index in [4.69, 9.17) is 0 Å². The van der Waals surface area contributed by atoms with Crippen LogP contribution in [0.5, 0.6) is 0 Å². The van der Waals surface area contributed by atoms with Crippen molar-refractivity contribution in [1.29, 1.82) is 0 Å². The molecular formula is C23H22FN3O2. The van der Waals surface area contributed by atoms with Gasteiger partial charge in [0.1, 0.15) is 5.82 Å². The van der Waals surface area contributed by atoms with Crippen LogP contribution < -0.4 is 5.56 Å². The Kier molecular flexibility index (Phi) is 5.51. The van der Waals surface area contributed by atoms with E-state index in [0.717, 1.165) is 36.1 Å². The molecule has 4 rings (SSSR count). The molecule has 1 atom stereocenters. The van der Waals surface area contributed by atoms with Crippen molar-refractivity contribution >= 4 is 5.91 Å². The van der Waals surface area contributed by atoms with E-state index in [1.54, 1.807) is 18.2 Å². The minimum absolute atomic E-state index is 0.0319. The molecule has 2 aromatic heterocycles. The number of carbonyl (C=O) groups is 1. The number of aromatic nitrogens is 2. The van der Waals surface area contributed by atoms with E-state index in [-0.39, 0.29) is 23.3 Å². The van der Waals surface area contributed by atoms with Crippen LogP contribution in [0.2, 0.25) is 0 Å². The molecule has 29 heavy (non-hydrogen) atoms. The average Bonchev–Trinajstić information content (AvgIpc) is 2.76. The Balaban J connectivity index is 1.52. The summed E-state index contributed by atoms with van der Waals surface area (Å²) in [7, 11) is 0. The second-order valence-electron chi connectivity index (χ2n) is 7.34. The van der Waals surface area contributed by atoms with Crippen LogP contribution in [0.3, 0.4) is 0 Å². The van der Waals surface area contributed by atoms with Gasteiger partial charge in [0.15, 0.2) is 0 Å². The molecule has 0 saturated carbocycles. The Morgan fingerprint density at radius 2 is 1.93 bits per heavy atom. The first-order chi connectivity index (χ1) is 14.1. The predicted octanol–water partition coefficient (Wildman–Crippen LogP) is 3.87. The highest BCUT2D eigenvalue weighted by molar-refractivity contribution is 5.94. The highest BCUT2D eigenvalue weighted by Crippen LogP contribution is 2.31. The van der Waals surface area contributed by atoms with Gasteiger partial charge in [-0.3, -0.25) is 14.6 Å². The number of piperidine rings is 1. The summed E-state index contributed by atoms with van der Waals surface area (Å²) in [4.78, 5) is 33.3. The van der Waals surface area contributed by atoms with Crippen LogP contribution in [0, 0.1) is 5.82 Å². The SMILES string of the molecule is O=C(c1ccc(=O)[nH]c1)N1CCCC[C@H]1c1ccc(Cc2ccc(F)cc2)nc1. The molecule has 1 saturated heterocycles. The Morgan fingerprint density at radius 1 is 1.10 bits per heavy atom. The van der Waals surface area contributed by atoms with Crippen molar-refractivity contribution in [2.75, 3.05) is 6.54 Å². The van der Waals surface area contributed by atoms with E-state index < -0.39 is 0 Å². The zero-order valence-corrected chi connectivity index (χ0v) is 16.0. The van der Waals surface area contributed by atoms with Gasteiger partial charge in [0.2, 0.25) is 5.56 Å². The normalized spacial score (nSPS) is 16.6. The van der Waals surface area contributed by atoms with Gasteiger partial charge >= 0.3 is 0 Å². The molecule has 0 radical (unpaired) electrons. The highest BCUT2D eigenvalue weighted by Gasteiger charge is 2.29. The van der Waals surface area contributed by atoms with Crippen molar-refractivity contribution in [3.05, 3.63) is 99.5 Å². The summed E-state index contributed by atoms with van der Waals surface area (Å²) < 4.78 is 13.1. The maximum Gasteiger partial charge on any atom is 0.255 e. The zero-order chi connectivity index (χ0) is 20.2. The van der Waals surface area contributed by atoms with Crippen molar-refractivity contribution < 1.29 is 9.18 Å². The number of aromatic amines is 1. The summed E-state index contributed by atoms with van der Waals surface area (Å²) in [6.07, 6.45) is 6.83. The molecule has 1 amide bonds. The van der Waals surface area contributed by atoms with E-state index in [0.29, 0.717) is 18.5 Å². The molecule has 1 aliphatic heterocycles. The first-order valence-corrected chi connectivity index (χ1v) is 9.79. The Bertz CT molecular complexity index is 1020. The number of pyridine rings is 2. The summed E-state index contributed by atoms with van der Waals surface area (Å²) in [6, 6.07) is 13.3. The molecule has 1 fully saturated rings. The van der Waals surface area contributed by atoms with Crippen LogP contribution in [-0.2, 0) is 6.42 Å². The molecule has 6 heteroatoms. The van der Waals surface area contributed by atoms with Gasteiger partial charge in [0.25, 0.3) is 5.91 Å². The monoisotopic (exact) mass is 391 g/mol. The van der Waals surface area contributed by atoms with Gasteiger partial charge in [0, 0.05) is 37.1 Å². The molecule has 0 unspecified atom stereocenters. The fourth-order valence-corrected chi connectivity index (χ4v) is 3.78. The number of nitrogens with zero attached hydrogens (tertiary/aromatic N) is 2. The molecule has 1 N–H and O–H groups in total. The lowest BCUT2D eigenvalue weighted by atomic mass is 9.95. The summed E-state index contributed by atoms with van der Waals surface area (Å²) in [5.74, 6) is -0.331. The third-order valence-corrected chi connectivity index (χ3v) is 5.33. The van der Waals surface area contributed by atoms with E-state index >= 15 is 0 Å². The number of rotatable bonds is 4. The van der Waals surface area contributed by atoms with Gasteiger partial charge in [-0.1, -0.05) is 18.2 Å². The number of halogens is 1. The van der Waals surface area contributed by atoms with Crippen LogP contribution in [-0.4, -0.2) is 27.3 Å². The number of nitrogens with one attached hydrogen (secondary N) is 1. The van der Waals surface area contributed by atoms with Gasteiger partial charge < -0.3 is 9.88 Å². The first-order valence-electron chi connectivity index (χ1n) is 9.79. The third-order valence-electron chi connectivity index (χ3n) is 5.33. The molecule has 5 nitrogen and oxygen atoms in total. The number of likely N-dealkylation sites (tertiary alicyclic amines) is 1. The summed E-state index contributed by atoms with van der Waals surface area (Å²) in [5.41, 5.74) is 3.16. The van der Waals surface area contributed by atoms with Crippen molar-refractivity contribution in [3.8, 4) is 0 Å². The molecule has 3 aromatic rings. The lowest BCUT2D eigenvalue weighted by molar-refractivity contribution is 0.0610. The van der Waals surface area contributed by atoms with Gasteiger partial charge in [0.05, 0.1) is 11.6 Å². The summed E-state index contributed by atoms with van der Waals surface area (Å²) >= 11 is 0. The number of amides is 1. The topological polar surface area (TPSA) is 66.1 Å². The molecule has 1 aromatic carbocycles. The molecule has 0 bridgehead atoms. The third kappa shape index (κ3) is 4.42. The molecule has 1 aliphatic rings. The van der Waals surface area contributed by atoms with Crippen molar-refractivity contribution in [1.82, 2.24) is 14.9 Å². The number of hydrogen-bond acceptors (Lipinski definition) is 3. The Morgan fingerprint density at radius 3 is 2.62 bits per heavy atom. The molecule has 0 aliphatic carbocycles. The highest BCUT2D eigenvalue weighted by atomic mass is 19.1. The maximum atomic E-state index is 13.1. The van der Waals surface area contributed by atoms with Crippen molar-refractivity contribution in [2.45, 2.75) is 31.7 Å². The van der Waals surface area contributed by atoms with Gasteiger partial charge in [-0.05, 0) is 54.7 Å². The minimum Gasteiger partial charge on any atom is -0.332 e. The zero-order valence-electron chi connectivity index (χ0n) is 16.0. The second kappa shape index (κ2) is 8.39. The lowest BCUT2D eigenvalue weighted by Crippen LogP contribution is -2.38. The molecule has 0 spiro atoms. The van der Waals surface area contributed by atoms with E-state index in [9.17, 15) is 14.0 Å². The minimum atomic E-state index is -0.249. The molecule has 148 valence electrons. The van der Waals surface area contributed by atoms with Crippen molar-refractivity contribution in [3.63, 3.8) is 0 Å². The first kappa shape index (κ1) is 19.1. The second-order valence-corrected chi connectivity index (χ2v) is 7.34. The molecule has 3 heterocycles. The molecular weight excluding hydrogens is 369 g/mol. The van der Waals surface area contributed by atoms with E-state index in [1.165, 1.54) is 24.4 Å². The van der Waals surface area contributed by atoms with Crippen molar-refractivity contribution in [2.24, 2.45) is 0 Å². The summed E-state index contributed by atoms with van der Waals surface area (Å²) in [6.45, 7) is 0.681. The fourth-order valence-electron chi connectivity index (χ4n) is 3.78. The lowest BCUT2D eigenvalue weighted by Gasteiger charge is -2.36. The largest absolute Gasteiger partial charge is 0.332 e. The number of H-pyrrole nitrogens is 1. The quantitative estimate of drug-likeness (QED) is 0.734. The fraction of sp³-hybridized carbons (Fsp3) is 0.261. The number of carbonyl (C=O) groups excluding carboxylic acids is 1. The summed E-state index contributed by atoms with van der Waals surface area (Å²) in [5, 5.41) is 0.